The minimum absolute atomic E-state index is 0.306. The van der Waals surface area contributed by atoms with E-state index in [0.717, 1.165) is 35.8 Å². The molecule has 1 aliphatic rings. The van der Waals surface area contributed by atoms with Crippen LogP contribution in [0.15, 0.2) is 21.3 Å². The molecule has 0 radical (unpaired) electrons. The highest BCUT2D eigenvalue weighted by Crippen LogP contribution is 2.33. The van der Waals surface area contributed by atoms with E-state index < -0.39 is 23.7 Å². The van der Waals surface area contributed by atoms with Crippen LogP contribution < -0.4 is 15.7 Å². The van der Waals surface area contributed by atoms with Crippen LogP contribution in [0, 0.1) is 6.92 Å². The normalized spacial score (nSPS) is 14.3. The number of hydrogen-bond acceptors (Lipinski definition) is 6. The Balaban J connectivity index is 1.84. The van der Waals surface area contributed by atoms with Crippen molar-refractivity contribution in [3.8, 4) is 5.75 Å². The quantitative estimate of drug-likeness (QED) is 0.447. The molecule has 0 saturated carbocycles. The third-order valence-corrected chi connectivity index (χ3v) is 5.10. The summed E-state index contributed by atoms with van der Waals surface area (Å²) in [5.74, 6) is -0.283. The molecule has 7 heteroatoms. The molecule has 162 valence electrons. The van der Waals surface area contributed by atoms with Crippen molar-refractivity contribution in [2.24, 2.45) is 0 Å². The van der Waals surface area contributed by atoms with E-state index in [-0.39, 0.29) is 5.63 Å². The number of rotatable bonds is 5. The van der Waals surface area contributed by atoms with Gasteiger partial charge in [0.2, 0.25) is 0 Å². The highest BCUT2D eigenvalue weighted by molar-refractivity contribution is 5.88. The molecule has 0 fully saturated rings. The Morgan fingerprint density at radius 1 is 1.20 bits per heavy atom. The van der Waals surface area contributed by atoms with E-state index in [9.17, 15) is 14.4 Å². The zero-order valence-electron chi connectivity index (χ0n) is 18.2. The number of ether oxygens (including phenoxy) is 2. The van der Waals surface area contributed by atoms with Gasteiger partial charge in [0, 0.05) is 16.5 Å². The molecule has 1 aromatic carbocycles. The number of esters is 1. The third-order valence-electron chi connectivity index (χ3n) is 5.10. The SMILES string of the molecule is CCC[C@H](NC(=O)OC(C)(C)C)C(=O)Oc1ccc2c3c(c(=O)oc2c1C)CCC3. The second-order valence-electron chi connectivity index (χ2n) is 8.67. The molecule has 7 nitrogen and oxygen atoms in total. The zero-order valence-corrected chi connectivity index (χ0v) is 18.2. The molecule has 1 atom stereocenters. The van der Waals surface area contributed by atoms with Gasteiger partial charge in [0.1, 0.15) is 23.0 Å². The first-order chi connectivity index (χ1) is 14.1. The zero-order chi connectivity index (χ0) is 22.1. The summed E-state index contributed by atoms with van der Waals surface area (Å²) in [6, 6.07) is 2.70. The molecule has 30 heavy (non-hydrogen) atoms. The van der Waals surface area contributed by atoms with Gasteiger partial charge < -0.3 is 19.2 Å². The number of fused-ring (bicyclic) bond motifs is 3. The molecular weight excluding hydrogens is 386 g/mol. The van der Waals surface area contributed by atoms with Crippen molar-refractivity contribution in [3.05, 3.63) is 39.2 Å². The topological polar surface area (TPSA) is 94.8 Å². The van der Waals surface area contributed by atoms with Gasteiger partial charge in [-0.1, -0.05) is 13.3 Å². The monoisotopic (exact) mass is 415 g/mol. The molecule has 1 amide bonds. The Morgan fingerprint density at radius 3 is 2.57 bits per heavy atom. The number of benzene rings is 1. The average Bonchev–Trinajstić information content (AvgIpc) is 3.13. The lowest BCUT2D eigenvalue weighted by molar-refractivity contribution is -0.137. The molecular formula is C23H29NO6. The lowest BCUT2D eigenvalue weighted by Crippen LogP contribution is -2.45. The van der Waals surface area contributed by atoms with E-state index in [1.54, 1.807) is 33.8 Å². The lowest BCUT2D eigenvalue weighted by Gasteiger charge is -2.23. The van der Waals surface area contributed by atoms with Crippen LogP contribution in [0.25, 0.3) is 11.0 Å². The fraction of sp³-hybridized carbons (Fsp3) is 0.522. The van der Waals surface area contributed by atoms with Crippen LogP contribution in [0.5, 0.6) is 5.75 Å². The number of carbonyl (C=O) groups is 2. The molecule has 0 bridgehead atoms. The fourth-order valence-electron chi connectivity index (χ4n) is 3.74. The Kier molecular flexibility index (Phi) is 6.19. The smallest absolute Gasteiger partial charge is 0.408 e. The van der Waals surface area contributed by atoms with Crippen molar-refractivity contribution in [2.45, 2.75) is 78.4 Å². The van der Waals surface area contributed by atoms with Crippen LogP contribution in [0.1, 0.15) is 63.6 Å². The first-order valence-corrected chi connectivity index (χ1v) is 10.4. The molecule has 0 unspecified atom stereocenters. The summed E-state index contributed by atoms with van der Waals surface area (Å²) in [5.41, 5.74) is 1.81. The Labute approximate surface area is 175 Å². The van der Waals surface area contributed by atoms with Crippen molar-refractivity contribution in [1.82, 2.24) is 5.32 Å². The summed E-state index contributed by atoms with van der Waals surface area (Å²) in [6.45, 7) is 8.92. The van der Waals surface area contributed by atoms with Crippen molar-refractivity contribution >= 4 is 23.0 Å². The first kappa shape index (κ1) is 21.9. The molecule has 1 heterocycles. The maximum absolute atomic E-state index is 12.8. The molecule has 0 aliphatic heterocycles. The summed E-state index contributed by atoms with van der Waals surface area (Å²) < 4.78 is 16.4. The number of aryl methyl sites for hydroxylation is 2. The second-order valence-corrected chi connectivity index (χ2v) is 8.67. The van der Waals surface area contributed by atoms with E-state index in [1.807, 2.05) is 13.0 Å². The van der Waals surface area contributed by atoms with Crippen molar-refractivity contribution in [2.75, 3.05) is 0 Å². The number of alkyl carbamates (subject to hydrolysis) is 1. The summed E-state index contributed by atoms with van der Waals surface area (Å²) in [4.78, 5) is 37.2. The van der Waals surface area contributed by atoms with E-state index in [2.05, 4.69) is 5.32 Å². The molecule has 0 spiro atoms. The molecule has 1 N–H and O–H groups in total. The minimum atomic E-state index is -0.841. The Morgan fingerprint density at radius 2 is 1.90 bits per heavy atom. The molecule has 2 aromatic rings. The number of hydrogen-bond donors (Lipinski definition) is 1. The van der Waals surface area contributed by atoms with Gasteiger partial charge in [-0.2, -0.15) is 0 Å². The highest BCUT2D eigenvalue weighted by atomic mass is 16.6. The Hall–Kier alpha value is -2.83. The van der Waals surface area contributed by atoms with Crippen LogP contribution >= 0.6 is 0 Å². The lowest BCUT2D eigenvalue weighted by atomic mass is 10.0. The van der Waals surface area contributed by atoms with Crippen LogP contribution in [0.2, 0.25) is 0 Å². The summed E-state index contributed by atoms with van der Waals surface area (Å²) in [5, 5.41) is 3.47. The van der Waals surface area contributed by atoms with E-state index in [4.69, 9.17) is 13.9 Å². The van der Waals surface area contributed by atoms with Gasteiger partial charge in [0.15, 0.2) is 0 Å². The number of amides is 1. The first-order valence-electron chi connectivity index (χ1n) is 10.4. The number of nitrogens with one attached hydrogen (secondary N) is 1. The van der Waals surface area contributed by atoms with Crippen LogP contribution in [-0.4, -0.2) is 23.7 Å². The Bertz CT molecular complexity index is 1030. The predicted molar refractivity (Wildman–Crippen MR) is 113 cm³/mol. The summed E-state index contributed by atoms with van der Waals surface area (Å²) >= 11 is 0. The van der Waals surface area contributed by atoms with E-state index in [1.165, 1.54) is 0 Å². The van der Waals surface area contributed by atoms with Crippen molar-refractivity contribution in [3.63, 3.8) is 0 Å². The maximum Gasteiger partial charge on any atom is 0.408 e. The van der Waals surface area contributed by atoms with Gasteiger partial charge in [-0.15, -0.1) is 0 Å². The predicted octanol–water partition coefficient (Wildman–Crippen LogP) is 4.19. The van der Waals surface area contributed by atoms with Gasteiger partial charge in [0.25, 0.3) is 0 Å². The number of carbonyl (C=O) groups excluding carboxylic acids is 2. The van der Waals surface area contributed by atoms with Crippen molar-refractivity contribution < 1.29 is 23.5 Å². The summed E-state index contributed by atoms with van der Waals surface area (Å²) in [7, 11) is 0. The third kappa shape index (κ3) is 4.66. The minimum Gasteiger partial charge on any atom is -0.444 e. The molecule has 1 aromatic heterocycles. The molecule has 1 aliphatic carbocycles. The standard InChI is InChI=1S/C23H29NO6/c1-6-8-17(24-22(27)30-23(3,4)5)21(26)28-18-12-11-15-14-9-7-10-16(14)20(25)29-19(15)13(18)2/h11-12,17H,6-10H2,1-5H3,(H,24,27)/t17-/m0/s1. The molecule has 0 saturated heterocycles. The van der Waals surface area contributed by atoms with Gasteiger partial charge in [-0.05, 0) is 71.1 Å². The second kappa shape index (κ2) is 8.50. The van der Waals surface area contributed by atoms with E-state index in [0.29, 0.717) is 29.7 Å². The van der Waals surface area contributed by atoms with Crippen molar-refractivity contribution in [1.29, 1.82) is 0 Å². The largest absolute Gasteiger partial charge is 0.444 e. The molecule has 3 rings (SSSR count). The van der Waals surface area contributed by atoms with Crippen LogP contribution in [-0.2, 0) is 22.4 Å². The fourth-order valence-corrected chi connectivity index (χ4v) is 3.74. The van der Waals surface area contributed by atoms with Gasteiger partial charge >= 0.3 is 17.7 Å². The van der Waals surface area contributed by atoms with Gasteiger partial charge in [-0.3, -0.25) is 0 Å². The van der Waals surface area contributed by atoms with E-state index >= 15 is 0 Å². The van der Waals surface area contributed by atoms with Crippen LogP contribution in [0.3, 0.4) is 0 Å². The maximum atomic E-state index is 12.8. The van der Waals surface area contributed by atoms with Gasteiger partial charge in [-0.25, -0.2) is 14.4 Å². The average molecular weight is 415 g/mol. The van der Waals surface area contributed by atoms with Crippen LogP contribution in [0.4, 0.5) is 4.79 Å². The highest BCUT2D eigenvalue weighted by Gasteiger charge is 2.27. The summed E-state index contributed by atoms with van der Waals surface area (Å²) in [6.07, 6.45) is 2.92. The van der Waals surface area contributed by atoms with Gasteiger partial charge in [0.05, 0.1) is 0 Å².